The summed E-state index contributed by atoms with van der Waals surface area (Å²) in [4.78, 5) is 34.5. The van der Waals surface area contributed by atoms with Crippen molar-refractivity contribution in [1.29, 1.82) is 0 Å². The molecule has 1 fully saturated rings. The van der Waals surface area contributed by atoms with Gasteiger partial charge in [-0.25, -0.2) is 18.8 Å². The standard InChI is InChI=1S/C21H29F2N5O4S/c1-14(29)25-12-15(30)13-26-21(2)10-16(22)20(17(23)11-21)27-4-5-28(32-7-6-27)19(31)9-18-24-3-8-33-18/h3,8,10,15,26,30H,4-7,9,11-13H2,1-2H3,(H,25,29)/t15-,21?/m0/s1. The lowest BCUT2D eigenvalue weighted by Gasteiger charge is -2.35. The smallest absolute Gasteiger partial charge is 0.253 e. The number of carbonyl (C=O) groups excluding carboxylic acids is 2. The SMILES string of the molecule is CC(=O)NC[C@H](O)CNC1(C)C=C(F)C(N2CCON(C(=O)Cc3nccs3)CC2)=C(F)C1. The van der Waals surface area contributed by atoms with E-state index in [4.69, 9.17) is 4.84 Å². The average Bonchev–Trinajstić information content (AvgIpc) is 3.13. The van der Waals surface area contributed by atoms with Crippen molar-refractivity contribution in [3.05, 3.63) is 40.0 Å². The zero-order valence-corrected chi connectivity index (χ0v) is 19.5. The van der Waals surface area contributed by atoms with Gasteiger partial charge < -0.3 is 20.6 Å². The Morgan fingerprint density at radius 2 is 2.12 bits per heavy atom. The summed E-state index contributed by atoms with van der Waals surface area (Å²) in [6.45, 7) is 3.79. The number of aromatic nitrogens is 1. The monoisotopic (exact) mass is 485 g/mol. The fraction of sp³-hybridized carbons (Fsp3) is 0.571. The van der Waals surface area contributed by atoms with Gasteiger partial charge in [0.15, 0.2) is 0 Å². The molecule has 9 nitrogen and oxygen atoms in total. The van der Waals surface area contributed by atoms with E-state index in [0.717, 1.165) is 0 Å². The summed E-state index contributed by atoms with van der Waals surface area (Å²) in [5.41, 5.74) is -1.17. The highest BCUT2D eigenvalue weighted by molar-refractivity contribution is 7.09. The number of β-amino-alcohol motifs (C(OH)–C–C–N with tert-alkyl or cyclic N) is 1. The molecule has 0 aromatic carbocycles. The Kier molecular flexibility index (Phi) is 8.51. The van der Waals surface area contributed by atoms with Crippen LogP contribution in [0.3, 0.4) is 0 Å². The summed E-state index contributed by atoms with van der Waals surface area (Å²) in [5, 5.41) is 19.1. The van der Waals surface area contributed by atoms with E-state index in [1.165, 1.54) is 29.4 Å². The summed E-state index contributed by atoms with van der Waals surface area (Å²) in [6, 6.07) is 0. The number of halogens is 2. The molecule has 0 radical (unpaired) electrons. The van der Waals surface area contributed by atoms with Crippen LogP contribution in [0.4, 0.5) is 8.78 Å². The summed E-state index contributed by atoms with van der Waals surface area (Å²) < 4.78 is 30.1. The van der Waals surface area contributed by atoms with Crippen molar-refractivity contribution in [2.45, 2.75) is 38.3 Å². The van der Waals surface area contributed by atoms with Crippen LogP contribution in [0.25, 0.3) is 0 Å². The van der Waals surface area contributed by atoms with E-state index in [0.29, 0.717) is 5.01 Å². The Bertz CT molecular complexity index is 910. The van der Waals surface area contributed by atoms with Crippen molar-refractivity contribution in [3.63, 3.8) is 0 Å². The first-order chi connectivity index (χ1) is 15.7. The number of rotatable bonds is 8. The van der Waals surface area contributed by atoms with Crippen molar-refractivity contribution < 1.29 is 28.3 Å². The minimum Gasteiger partial charge on any atom is -0.390 e. The second-order valence-corrected chi connectivity index (χ2v) is 9.21. The predicted octanol–water partition coefficient (Wildman–Crippen LogP) is 1.04. The fourth-order valence-electron chi connectivity index (χ4n) is 3.68. The number of carbonyl (C=O) groups is 2. The second-order valence-electron chi connectivity index (χ2n) is 8.23. The predicted molar refractivity (Wildman–Crippen MR) is 118 cm³/mol. The summed E-state index contributed by atoms with van der Waals surface area (Å²) in [5.74, 6) is -1.86. The van der Waals surface area contributed by atoms with E-state index >= 15 is 8.78 Å². The van der Waals surface area contributed by atoms with Crippen LogP contribution in [0.2, 0.25) is 0 Å². The third-order valence-electron chi connectivity index (χ3n) is 5.34. The molecule has 1 aliphatic heterocycles. The molecule has 1 unspecified atom stereocenters. The highest BCUT2D eigenvalue weighted by atomic mass is 32.1. The van der Waals surface area contributed by atoms with Gasteiger partial charge in [0.1, 0.15) is 22.4 Å². The number of hydrogen-bond donors (Lipinski definition) is 3. The highest BCUT2D eigenvalue weighted by Crippen LogP contribution is 2.35. The fourth-order valence-corrected chi connectivity index (χ4v) is 4.29. The van der Waals surface area contributed by atoms with Gasteiger partial charge in [-0.05, 0) is 13.0 Å². The quantitative estimate of drug-likeness (QED) is 0.505. The Hall–Kier alpha value is -2.41. The molecule has 0 saturated carbocycles. The van der Waals surface area contributed by atoms with Crippen LogP contribution in [0.1, 0.15) is 25.3 Å². The molecule has 12 heteroatoms. The number of aliphatic hydroxyl groups excluding tert-OH is 1. The zero-order chi connectivity index (χ0) is 24.0. The molecule has 1 aliphatic carbocycles. The molecule has 0 bridgehead atoms. The molecule has 1 aromatic rings. The Labute approximate surface area is 195 Å². The van der Waals surface area contributed by atoms with Crippen molar-refractivity contribution >= 4 is 23.2 Å². The van der Waals surface area contributed by atoms with E-state index in [1.807, 2.05) is 0 Å². The third-order valence-corrected chi connectivity index (χ3v) is 6.12. The maximum Gasteiger partial charge on any atom is 0.253 e. The molecule has 2 amide bonds. The summed E-state index contributed by atoms with van der Waals surface area (Å²) in [7, 11) is 0. The molecule has 2 heterocycles. The van der Waals surface area contributed by atoms with Gasteiger partial charge in [-0.2, -0.15) is 0 Å². The van der Waals surface area contributed by atoms with Gasteiger partial charge in [0.25, 0.3) is 5.91 Å². The largest absolute Gasteiger partial charge is 0.390 e. The Balaban J connectivity index is 1.57. The first-order valence-electron chi connectivity index (χ1n) is 10.7. The van der Waals surface area contributed by atoms with E-state index in [9.17, 15) is 14.7 Å². The van der Waals surface area contributed by atoms with Gasteiger partial charge in [-0.3, -0.25) is 14.4 Å². The first kappa shape index (κ1) is 25.2. The molecule has 1 saturated heterocycles. The van der Waals surface area contributed by atoms with Crippen LogP contribution >= 0.6 is 11.3 Å². The molecule has 33 heavy (non-hydrogen) atoms. The van der Waals surface area contributed by atoms with Gasteiger partial charge >= 0.3 is 0 Å². The zero-order valence-electron chi connectivity index (χ0n) is 18.6. The van der Waals surface area contributed by atoms with Gasteiger partial charge in [0.2, 0.25) is 5.91 Å². The number of hydrogen-bond acceptors (Lipinski definition) is 8. The number of aliphatic hydroxyl groups is 1. The molecule has 2 atom stereocenters. The number of thiazole rings is 1. The molecule has 3 N–H and O–H groups in total. The van der Waals surface area contributed by atoms with Gasteiger partial charge in [0, 0.05) is 56.6 Å². The number of nitrogens with zero attached hydrogens (tertiary/aromatic N) is 3. The van der Waals surface area contributed by atoms with Crippen molar-refractivity contribution in [3.8, 4) is 0 Å². The third kappa shape index (κ3) is 7.03. The Morgan fingerprint density at radius 3 is 2.79 bits per heavy atom. The van der Waals surface area contributed by atoms with Crippen LogP contribution < -0.4 is 10.6 Å². The van der Waals surface area contributed by atoms with Crippen molar-refractivity contribution in [2.24, 2.45) is 0 Å². The van der Waals surface area contributed by atoms with Crippen LogP contribution in [0.5, 0.6) is 0 Å². The summed E-state index contributed by atoms with van der Waals surface area (Å²) >= 11 is 1.37. The van der Waals surface area contributed by atoms with Crippen molar-refractivity contribution in [1.82, 2.24) is 25.6 Å². The normalized spacial score (nSPS) is 22.6. The summed E-state index contributed by atoms with van der Waals surface area (Å²) in [6.07, 6.45) is 2.03. The maximum absolute atomic E-state index is 15.1. The van der Waals surface area contributed by atoms with E-state index in [2.05, 4.69) is 15.6 Å². The molecule has 2 aliphatic rings. The Morgan fingerprint density at radius 1 is 1.33 bits per heavy atom. The van der Waals surface area contributed by atoms with Crippen molar-refractivity contribution in [2.75, 3.05) is 39.3 Å². The molecular weight excluding hydrogens is 456 g/mol. The van der Waals surface area contributed by atoms with Crippen LogP contribution in [-0.2, 0) is 20.8 Å². The van der Waals surface area contributed by atoms with Crippen LogP contribution in [0, 0.1) is 0 Å². The minimum atomic E-state index is -1.03. The maximum atomic E-state index is 15.1. The lowest BCUT2D eigenvalue weighted by atomic mass is 9.90. The minimum absolute atomic E-state index is 0.0414. The van der Waals surface area contributed by atoms with Crippen LogP contribution in [0.15, 0.2) is 35.0 Å². The second kappa shape index (κ2) is 11.1. The number of nitrogens with one attached hydrogen (secondary N) is 2. The molecule has 1 aromatic heterocycles. The number of hydroxylamine groups is 2. The van der Waals surface area contributed by atoms with E-state index in [-0.39, 0.29) is 69.7 Å². The topological polar surface area (TPSA) is 107 Å². The molecule has 0 spiro atoms. The number of amides is 2. The van der Waals surface area contributed by atoms with Gasteiger partial charge in [0.05, 0.1) is 25.7 Å². The lowest BCUT2D eigenvalue weighted by Crippen LogP contribution is -2.48. The molecule has 182 valence electrons. The average molecular weight is 486 g/mol. The van der Waals surface area contributed by atoms with Gasteiger partial charge in [-0.1, -0.05) is 0 Å². The molecule has 3 rings (SSSR count). The van der Waals surface area contributed by atoms with Crippen LogP contribution in [-0.4, -0.2) is 82.8 Å². The molecular formula is C21H29F2N5O4S. The highest BCUT2D eigenvalue weighted by Gasteiger charge is 2.35. The number of allylic oxidation sites excluding steroid dienone is 1. The van der Waals surface area contributed by atoms with E-state index < -0.39 is 23.3 Å². The van der Waals surface area contributed by atoms with E-state index in [1.54, 1.807) is 23.4 Å². The lowest BCUT2D eigenvalue weighted by molar-refractivity contribution is -0.181. The first-order valence-corrected chi connectivity index (χ1v) is 11.6. The van der Waals surface area contributed by atoms with Gasteiger partial charge in [-0.15, -0.1) is 11.3 Å².